The molecule has 0 spiro atoms. The summed E-state index contributed by atoms with van der Waals surface area (Å²) in [7, 11) is 1.87. The minimum absolute atomic E-state index is 0.130. The number of halogens is 1. The number of aromatic nitrogens is 2. The van der Waals surface area contributed by atoms with Crippen molar-refractivity contribution >= 4 is 27.5 Å². The van der Waals surface area contributed by atoms with Crippen LogP contribution in [-0.2, 0) is 13.5 Å². The summed E-state index contributed by atoms with van der Waals surface area (Å²) in [4.78, 5) is 11.9. The van der Waals surface area contributed by atoms with E-state index in [0.717, 1.165) is 10.2 Å². The van der Waals surface area contributed by atoms with Gasteiger partial charge in [0.15, 0.2) is 0 Å². The van der Waals surface area contributed by atoms with E-state index in [0.29, 0.717) is 24.2 Å². The van der Waals surface area contributed by atoms with Crippen molar-refractivity contribution < 1.29 is 4.79 Å². The predicted molar refractivity (Wildman–Crippen MR) is 77.8 cm³/mol. The van der Waals surface area contributed by atoms with Crippen molar-refractivity contribution in [1.29, 1.82) is 0 Å². The minimum atomic E-state index is -0.130. The highest BCUT2D eigenvalue weighted by Crippen LogP contribution is 2.20. The molecule has 2 aromatic rings. The molecular formula is C13H15BrN4O. The number of benzene rings is 1. The quantitative estimate of drug-likeness (QED) is 0.842. The monoisotopic (exact) mass is 322 g/mol. The van der Waals surface area contributed by atoms with Gasteiger partial charge >= 0.3 is 0 Å². The average molecular weight is 323 g/mol. The number of nitrogen functional groups attached to an aromatic ring is 1. The molecule has 1 amide bonds. The Balaban J connectivity index is 1.89. The molecule has 0 unspecified atom stereocenters. The van der Waals surface area contributed by atoms with Gasteiger partial charge in [-0.3, -0.25) is 9.48 Å². The molecule has 6 heteroatoms. The average Bonchev–Trinajstić information content (AvgIpc) is 2.78. The highest BCUT2D eigenvalue weighted by atomic mass is 79.9. The van der Waals surface area contributed by atoms with Gasteiger partial charge in [0.2, 0.25) is 0 Å². The maximum atomic E-state index is 11.9. The summed E-state index contributed by atoms with van der Waals surface area (Å²) in [6, 6.07) is 7.09. The van der Waals surface area contributed by atoms with Gasteiger partial charge in [0.1, 0.15) is 0 Å². The molecule has 1 aromatic heterocycles. The zero-order valence-electron chi connectivity index (χ0n) is 10.6. The van der Waals surface area contributed by atoms with Crippen molar-refractivity contribution in [3.63, 3.8) is 0 Å². The summed E-state index contributed by atoms with van der Waals surface area (Å²) < 4.78 is 2.53. The molecule has 0 radical (unpaired) electrons. The first-order chi connectivity index (χ1) is 9.06. The fourth-order valence-corrected chi connectivity index (χ4v) is 1.93. The van der Waals surface area contributed by atoms with E-state index in [2.05, 4.69) is 26.3 Å². The Bertz CT molecular complexity index is 594. The van der Waals surface area contributed by atoms with Crippen LogP contribution in [0.2, 0.25) is 0 Å². The molecule has 0 aliphatic heterocycles. The first kappa shape index (κ1) is 13.6. The Morgan fingerprint density at radius 2 is 2.26 bits per heavy atom. The maximum absolute atomic E-state index is 11.9. The van der Waals surface area contributed by atoms with Crippen LogP contribution in [0.1, 0.15) is 16.1 Å². The van der Waals surface area contributed by atoms with E-state index in [1.165, 1.54) is 0 Å². The number of nitrogens with zero attached hydrogens (tertiary/aromatic N) is 2. The normalized spacial score (nSPS) is 10.4. The van der Waals surface area contributed by atoms with Gasteiger partial charge in [0.25, 0.3) is 5.91 Å². The molecule has 19 heavy (non-hydrogen) atoms. The second-order valence-electron chi connectivity index (χ2n) is 4.22. The highest BCUT2D eigenvalue weighted by molar-refractivity contribution is 9.10. The van der Waals surface area contributed by atoms with E-state index in [1.807, 2.05) is 19.3 Å². The van der Waals surface area contributed by atoms with E-state index in [-0.39, 0.29) is 5.91 Å². The molecule has 1 aromatic carbocycles. The summed E-state index contributed by atoms with van der Waals surface area (Å²) in [5, 5.41) is 7.09. The molecule has 100 valence electrons. The Hall–Kier alpha value is -1.82. The molecule has 5 nitrogen and oxygen atoms in total. The van der Waals surface area contributed by atoms with Crippen LogP contribution in [0, 0.1) is 0 Å². The van der Waals surface area contributed by atoms with Gasteiger partial charge in [-0.1, -0.05) is 0 Å². The molecule has 2 rings (SSSR count). The smallest absolute Gasteiger partial charge is 0.251 e. The van der Waals surface area contributed by atoms with Crippen molar-refractivity contribution in [2.24, 2.45) is 7.05 Å². The molecule has 1 heterocycles. The molecule has 0 atom stereocenters. The van der Waals surface area contributed by atoms with Crippen LogP contribution >= 0.6 is 15.9 Å². The van der Waals surface area contributed by atoms with E-state index in [1.54, 1.807) is 22.9 Å². The first-order valence-electron chi connectivity index (χ1n) is 5.88. The number of nitrogens with two attached hydrogens (primary N) is 1. The van der Waals surface area contributed by atoms with Gasteiger partial charge in [-0.05, 0) is 40.2 Å². The standard InChI is InChI=1S/C13H15BrN4O/c1-18-7-5-10(17-18)4-6-16-13(19)9-2-3-11(14)12(15)8-9/h2-3,5,7-8H,4,6,15H2,1H3,(H,16,19). The van der Waals surface area contributed by atoms with Crippen molar-refractivity contribution in [2.75, 3.05) is 12.3 Å². The fraction of sp³-hybridized carbons (Fsp3) is 0.231. The van der Waals surface area contributed by atoms with Crippen LogP contribution in [0.15, 0.2) is 34.9 Å². The SMILES string of the molecule is Cn1ccc(CCNC(=O)c2ccc(Br)c(N)c2)n1. The number of nitrogens with one attached hydrogen (secondary N) is 1. The van der Waals surface area contributed by atoms with Crippen LogP contribution < -0.4 is 11.1 Å². The van der Waals surface area contributed by atoms with Gasteiger partial charge in [-0.15, -0.1) is 0 Å². The zero-order chi connectivity index (χ0) is 13.8. The summed E-state index contributed by atoms with van der Waals surface area (Å²) in [5.74, 6) is -0.130. The lowest BCUT2D eigenvalue weighted by atomic mass is 10.2. The van der Waals surface area contributed by atoms with Crippen LogP contribution in [0.5, 0.6) is 0 Å². The van der Waals surface area contributed by atoms with Crippen molar-refractivity contribution in [3.8, 4) is 0 Å². The Morgan fingerprint density at radius 3 is 2.89 bits per heavy atom. The summed E-state index contributed by atoms with van der Waals surface area (Å²) in [6.07, 6.45) is 2.59. The van der Waals surface area contributed by atoms with Gasteiger partial charge < -0.3 is 11.1 Å². The molecule has 0 aliphatic rings. The lowest BCUT2D eigenvalue weighted by Gasteiger charge is -2.05. The molecular weight excluding hydrogens is 308 g/mol. The van der Waals surface area contributed by atoms with E-state index >= 15 is 0 Å². The Labute approximate surface area is 119 Å². The van der Waals surface area contributed by atoms with Gasteiger partial charge in [-0.2, -0.15) is 5.10 Å². The van der Waals surface area contributed by atoms with Gasteiger partial charge in [0, 0.05) is 41.9 Å². The van der Waals surface area contributed by atoms with E-state index in [4.69, 9.17) is 5.73 Å². The number of hydrogen-bond acceptors (Lipinski definition) is 3. The van der Waals surface area contributed by atoms with E-state index < -0.39 is 0 Å². The zero-order valence-corrected chi connectivity index (χ0v) is 12.1. The maximum Gasteiger partial charge on any atom is 0.251 e. The molecule has 0 saturated heterocycles. The third-order valence-electron chi connectivity index (χ3n) is 2.69. The van der Waals surface area contributed by atoms with Crippen molar-refractivity contribution in [2.45, 2.75) is 6.42 Å². The number of rotatable bonds is 4. The van der Waals surface area contributed by atoms with E-state index in [9.17, 15) is 4.79 Å². The number of hydrogen-bond donors (Lipinski definition) is 2. The Morgan fingerprint density at radius 1 is 1.47 bits per heavy atom. The van der Waals surface area contributed by atoms with Crippen LogP contribution in [-0.4, -0.2) is 22.2 Å². The highest BCUT2D eigenvalue weighted by Gasteiger charge is 2.07. The van der Waals surface area contributed by atoms with Crippen molar-refractivity contribution in [3.05, 3.63) is 46.2 Å². The fourth-order valence-electron chi connectivity index (χ4n) is 1.69. The second-order valence-corrected chi connectivity index (χ2v) is 5.08. The van der Waals surface area contributed by atoms with Crippen LogP contribution in [0.4, 0.5) is 5.69 Å². The summed E-state index contributed by atoms with van der Waals surface area (Å²) in [5.41, 5.74) is 7.81. The first-order valence-corrected chi connectivity index (χ1v) is 6.67. The van der Waals surface area contributed by atoms with Crippen LogP contribution in [0.3, 0.4) is 0 Å². The number of aryl methyl sites for hydroxylation is 1. The topological polar surface area (TPSA) is 72.9 Å². The summed E-state index contributed by atoms with van der Waals surface area (Å²) in [6.45, 7) is 0.547. The minimum Gasteiger partial charge on any atom is -0.398 e. The lowest BCUT2D eigenvalue weighted by molar-refractivity contribution is 0.0954. The van der Waals surface area contributed by atoms with Gasteiger partial charge in [0.05, 0.1) is 5.69 Å². The Kier molecular flexibility index (Phi) is 4.21. The number of amides is 1. The molecule has 0 saturated carbocycles. The number of carbonyl (C=O) groups is 1. The molecule has 0 aliphatic carbocycles. The van der Waals surface area contributed by atoms with Crippen molar-refractivity contribution in [1.82, 2.24) is 15.1 Å². The molecule has 3 N–H and O–H groups in total. The molecule has 0 fully saturated rings. The summed E-state index contributed by atoms with van der Waals surface area (Å²) >= 11 is 3.30. The lowest BCUT2D eigenvalue weighted by Crippen LogP contribution is -2.25. The van der Waals surface area contributed by atoms with Crippen LogP contribution in [0.25, 0.3) is 0 Å². The van der Waals surface area contributed by atoms with Gasteiger partial charge in [-0.25, -0.2) is 0 Å². The largest absolute Gasteiger partial charge is 0.398 e. The number of carbonyl (C=O) groups excluding carboxylic acids is 1. The second kappa shape index (κ2) is 5.88. The third kappa shape index (κ3) is 3.57. The number of anilines is 1. The molecule has 0 bridgehead atoms. The third-order valence-corrected chi connectivity index (χ3v) is 3.42. The predicted octanol–water partition coefficient (Wildman–Crippen LogP) is 1.74.